The maximum absolute atomic E-state index is 13.2. The van der Waals surface area contributed by atoms with Gasteiger partial charge in [-0.2, -0.15) is 0 Å². The number of imidazole rings is 1. The van der Waals surface area contributed by atoms with E-state index in [1.807, 2.05) is 84.3 Å². The van der Waals surface area contributed by atoms with Gasteiger partial charge in [-0.15, -0.1) is 0 Å². The van der Waals surface area contributed by atoms with Gasteiger partial charge in [-0.25, -0.2) is 14.6 Å². The maximum atomic E-state index is 13.2. The highest BCUT2D eigenvalue weighted by Crippen LogP contribution is 2.32. The van der Waals surface area contributed by atoms with Crippen LogP contribution in [0.15, 0.2) is 88.8 Å². The van der Waals surface area contributed by atoms with Crippen molar-refractivity contribution in [3.05, 3.63) is 102 Å². The Morgan fingerprint density at radius 2 is 1.61 bits per heavy atom. The number of aromatic nitrogens is 2. The molecule has 196 valence electrons. The SMILES string of the molecule is CCCCc1nc(Sc2ccccc2)c(C(=O)OCC)n1Cc1ccc(-c2ccccc2C(=O)OC)cc1. The Balaban J connectivity index is 1.71. The van der Waals surface area contributed by atoms with Gasteiger partial charge in [-0.3, -0.25) is 0 Å². The molecule has 7 heteroatoms. The van der Waals surface area contributed by atoms with Crippen molar-refractivity contribution in [3.63, 3.8) is 0 Å². The van der Waals surface area contributed by atoms with E-state index < -0.39 is 0 Å². The summed E-state index contributed by atoms with van der Waals surface area (Å²) >= 11 is 1.48. The van der Waals surface area contributed by atoms with Gasteiger partial charge in [-0.05, 0) is 48.2 Å². The van der Waals surface area contributed by atoms with Gasteiger partial charge in [0.25, 0.3) is 0 Å². The first-order valence-electron chi connectivity index (χ1n) is 12.8. The normalized spacial score (nSPS) is 10.8. The molecule has 3 aromatic carbocycles. The number of esters is 2. The number of benzene rings is 3. The number of nitrogens with zero attached hydrogens (tertiary/aromatic N) is 2. The molecule has 0 aliphatic rings. The predicted molar refractivity (Wildman–Crippen MR) is 150 cm³/mol. The number of rotatable bonds is 11. The quantitative estimate of drug-likeness (QED) is 0.194. The molecule has 0 saturated heterocycles. The predicted octanol–water partition coefficient (Wildman–Crippen LogP) is 7.06. The van der Waals surface area contributed by atoms with Crippen LogP contribution in [0.4, 0.5) is 0 Å². The van der Waals surface area contributed by atoms with Crippen LogP contribution < -0.4 is 0 Å². The fraction of sp³-hybridized carbons (Fsp3) is 0.258. The molecule has 0 bridgehead atoms. The minimum Gasteiger partial charge on any atom is -0.465 e. The molecule has 0 aliphatic heterocycles. The van der Waals surface area contributed by atoms with Crippen LogP contribution in [0.1, 0.15) is 58.9 Å². The standard InChI is InChI=1S/C31H32N2O4S/c1-4-6-16-27-32-29(38-24-12-8-7-9-13-24)28(31(35)37-5-2)33(27)21-22-17-19-23(20-18-22)25-14-10-11-15-26(25)30(34)36-3/h7-15,17-20H,4-6,16,21H2,1-3H3. The van der Waals surface area contributed by atoms with Crippen molar-refractivity contribution >= 4 is 23.7 Å². The van der Waals surface area contributed by atoms with E-state index in [0.717, 1.165) is 46.7 Å². The Bertz CT molecular complexity index is 1380. The zero-order valence-corrected chi connectivity index (χ0v) is 22.8. The van der Waals surface area contributed by atoms with Crippen molar-refractivity contribution in [1.82, 2.24) is 9.55 Å². The summed E-state index contributed by atoms with van der Waals surface area (Å²) in [7, 11) is 1.38. The monoisotopic (exact) mass is 528 g/mol. The average molecular weight is 529 g/mol. The summed E-state index contributed by atoms with van der Waals surface area (Å²) in [5.74, 6) is 0.129. The summed E-state index contributed by atoms with van der Waals surface area (Å²) in [6.07, 6.45) is 2.76. The lowest BCUT2D eigenvalue weighted by molar-refractivity contribution is 0.0508. The van der Waals surface area contributed by atoms with E-state index in [9.17, 15) is 9.59 Å². The van der Waals surface area contributed by atoms with Crippen LogP contribution in [-0.4, -0.2) is 35.2 Å². The van der Waals surface area contributed by atoms with Gasteiger partial charge in [0.1, 0.15) is 10.9 Å². The summed E-state index contributed by atoms with van der Waals surface area (Å²) in [6, 6.07) is 25.3. The zero-order valence-electron chi connectivity index (χ0n) is 22.0. The van der Waals surface area contributed by atoms with E-state index in [1.165, 1.54) is 18.9 Å². The number of unbranched alkanes of at least 4 members (excludes halogenated alkanes) is 1. The number of carbonyl (C=O) groups is 2. The molecule has 0 radical (unpaired) electrons. The summed E-state index contributed by atoms with van der Waals surface area (Å²) in [5, 5.41) is 0.657. The van der Waals surface area contributed by atoms with Crippen molar-refractivity contribution in [2.45, 2.75) is 49.6 Å². The minimum absolute atomic E-state index is 0.290. The summed E-state index contributed by atoms with van der Waals surface area (Å²) in [4.78, 5) is 31.4. The molecular formula is C31H32N2O4S. The minimum atomic E-state index is -0.371. The van der Waals surface area contributed by atoms with Crippen LogP contribution in [-0.2, 0) is 22.4 Å². The van der Waals surface area contributed by atoms with Gasteiger partial charge < -0.3 is 14.0 Å². The fourth-order valence-corrected chi connectivity index (χ4v) is 5.19. The maximum Gasteiger partial charge on any atom is 0.357 e. The van der Waals surface area contributed by atoms with E-state index in [0.29, 0.717) is 22.8 Å². The first-order valence-corrected chi connectivity index (χ1v) is 13.6. The third-order valence-electron chi connectivity index (χ3n) is 6.13. The summed E-state index contributed by atoms with van der Waals surface area (Å²) in [5.41, 5.74) is 3.74. The van der Waals surface area contributed by atoms with Crippen LogP contribution in [0.5, 0.6) is 0 Å². The van der Waals surface area contributed by atoms with Crippen LogP contribution in [0.25, 0.3) is 11.1 Å². The topological polar surface area (TPSA) is 70.4 Å². The largest absolute Gasteiger partial charge is 0.465 e. The second-order valence-electron chi connectivity index (χ2n) is 8.74. The molecule has 0 saturated carbocycles. The van der Waals surface area contributed by atoms with Crippen LogP contribution in [0, 0.1) is 0 Å². The van der Waals surface area contributed by atoms with Crippen molar-refractivity contribution in [1.29, 1.82) is 0 Å². The van der Waals surface area contributed by atoms with Crippen LogP contribution >= 0.6 is 11.8 Å². The summed E-state index contributed by atoms with van der Waals surface area (Å²) in [6.45, 7) is 4.72. The Kier molecular flexibility index (Phi) is 9.38. The average Bonchev–Trinajstić information content (AvgIpc) is 3.28. The number of methoxy groups -OCH3 is 1. The Morgan fingerprint density at radius 1 is 0.895 bits per heavy atom. The number of aryl methyl sites for hydroxylation is 1. The van der Waals surface area contributed by atoms with Gasteiger partial charge in [0, 0.05) is 17.9 Å². The molecule has 4 aromatic rings. The molecule has 1 aromatic heterocycles. The molecule has 0 unspecified atom stereocenters. The molecule has 0 spiro atoms. The van der Waals surface area contributed by atoms with Crippen molar-refractivity contribution in [3.8, 4) is 11.1 Å². The molecule has 0 amide bonds. The van der Waals surface area contributed by atoms with Crippen molar-refractivity contribution in [2.24, 2.45) is 0 Å². The highest BCUT2D eigenvalue weighted by Gasteiger charge is 2.25. The van der Waals surface area contributed by atoms with Crippen molar-refractivity contribution in [2.75, 3.05) is 13.7 Å². The van der Waals surface area contributed by atoms with Crippen LogP contribution in [0.3, 0.4) is 0 Å². The van der Waals surface area contributed by atoms with Gasteiger partial charge in [0.15, 0.2) is 5.69 Å². The van der Waals surface area contributed by atoms with Gasteiger partial charge in [-0.1, -0.05) is 85.8 Å². The zero-order chi connectivity index (χ0) is 26.9. The van der Waals surface area contributed by atoms with Gasteiger partial charge >= 0.3 is 11.9 Å². The highest BCUT2D eigenvalue weighted by atomic mass is 32.2. The number of carbonyl (C=O) groups excluding carboxylic acids is 2. The first-order chi connectivity index (χ1) is 18.5. The molecule has 6 nitrogen and oxygen atoms in total. The van der Waals surface area contributed by atoms with E-state index in [1.54, 1.807) is 6.07 Å². The Labute approximate surface area is 228 Å². The highest BCUT2D eigenvalue weighted by molar-refractivity contribution is 7.99. The lowest BCUT2D eigenvalue weighted by Gasteiger charge is -2.13. The van der Waals surface area contributed by atoms with E-state index in [4.69, 9.17) is 14.5 Å². The molecule has 4 rings (SSSR count). The Hall–Kier alpha value is -3.84. The summed E-state index contributed by atoms with van der Waals surface area (Å²) < 4.78 is 12.4. The second kappa shape index (κ2) is 13.1. The smallest absolute Gasteiger partial charge is 0.357 e. The third-order valence-corrected chi connectivity index (χ3v) is 7.12. The molecule has 0 aliphatic carbocycles. The molecule has 0 atom stereocenters. The van der Waals surface area contributed by atoms with E-state index in [-0.39, 0.29) is 18.5 Å². The number of hydrogen-bond acceptors (Lipinski definition) is 6. The second-order valence-corrected chi connectivity index (χ2v) is 9.80. The molecule has 38 heavy (non-hydrogen) atoms. The molecule has 0 fully saturated rings. The van der Waals surface area contributed by atoms with Gasteiger partial charge in [0.05, 0.1) is 19.3 Å². The Morgan fingerprint density at radius 3 is 2.29 bits per heavy atom. The van der Waals surface area contributed by atoms with Crippen molar-refractivity contribution < 1.29 is 19.1 Å². The number of ether oxygens (including phenoxy) is 2. The van der Waals surface area contributed by atoms with Gasteiger partial charge in [0.2, 0.25) is 0 Å². The lowest BCUT2D eigenvalue weighted by atomic mass is 9.98. The van der Waals surface area contributed by atoms with E-state index >= 15 is 0 Å². The van der Waals surface area contributed by atoms with Crippen LogP contribution in [0.2, 0.25) is 0 Å². The molecular weight excluding hydrogens is 496 g/mol. The molecule has 1 heterocycles. The lowest BCUT2D eigenvalue weighted by Crippen LogP contribution is -2.16. The fourth-order valence-electron chi connectivity index (χ4n) is 4.23. The first kappa shape index (κ1) is 27.2. The third kappa shape index (κ3) is 6.34. The van der Waals surface area contributed by atoms with E-state index in [2.05, 4.69) is 6.92 Å². The number of hydrogen-bond donors (Lipinski definition) is 0. The molecule has 0 N–H and O–H groups in total.